The van der Waals surface area contributed by atoms with Gasteiger partial charge in [0, 0.05) is 18.6 Å². The highest BCUT2D eigenvalue weighted by molar-refractivity contribution is 4.96. The van der Waals surface area contributed by atoms with Gasteiger partial charge in [-0.1, -0.05) is 13.8 Å². The zero-order chi connectivity index (χ0) is 11.6. The molecule has 0 spiro atoms. The SMILES string of the molecule is CCC1(CC)CCN(CC2(C)CCCN2)C1. The summed E-state index contributed by atoms with van der Waals surface area (Å²) in [4.78, 5) is 2.70. The first-order valence-corrected chi connectivity index (χ1v) is 7.09. The van der Waals surface area contributed by atoms with Gasteiger partial charge in [0.15, 0.2) is 0 Å². The molecule has 0 bridgehead atoms. The van der Waals surface area contributed by atoms with Gasteiger partial charge >= 0.3 is 0 Å². The molecule has 94 valence electrons. The summed E-state index contributed by atoms with van der Waals surface area (Å²) in [6.07, 6.45) is 6.83. The van der Waals surface area contributed by atoms with Crippen LogP contribution in [0.3, 0.4) is 0 Å². The van der Waals surface area contributed by atoms with Crippen molar-refractivity contribution < 1.29 is 0 Å². The molecule has 0 aromatic rings. The van der Waals surface area contributed by atoms with Gasteiger partial charge in [0.1, 0.15) is 0 Å². The third kappa shape index (κ3) is 2.43. The fraction of sp³-hybridized carbons (Fsp3) is 1.00. The standard InChI is InChI=1S/C14H28N2/c1-4-14(5-2)8-10-16(12-14)11-13(3)7-6-9-15-13/h15H,4-12H2,1-3H3. The minimum Gasteiger partial charge on any atom is -0.310 e. The number of likely N-dealkylation sites (tertiary alicyclic amines) is 1. The molecule has 0 aromatic carbocycles. The van der Waals surface area contributed by atoms with Crippen molar-refractivity contribution in [2.45, 2.75) is 58.4 Å². The molecule has 0 amide bonds. The Morgan fingerprint density at radius 2 is 1.94 bits per heavy atom. The van der Waals surface area contributed by atoms with E-state index in [2.05, 4.69) is 31.0 Å². The van der Waals surface area contributed by atoms with Gasteiger partial charge in [0.25, 0.3) is 0 Å². The Morgan fingerprint density at radius 1 is 1.19 bits per heavy atom. The average molecular weight is 224 g/mol. The first kappa shape index (κ1) is 12.4. The van der Waals surface area contributed by atoms with E-state index in [1.54, 1.807) is 0 Å². The molecule has 2 heteroatoms. The Morgan fingerprint density at radius 3 is 2.44 bits per heavy atom. The number of hydrogen-bond acceptors (Lipinski definition) is 2. The van der Waals surface area contributed by atoms with Gasteiger partial charge in [0.05, 0.1) is 0 Å². The molecule has 2 fully saturated rings. The Balaban J connectivity index is 1.89. The zero-order valence-electron chi connectivity index (χ0n) is 11.3. The van der Waals surface area contributed by atoms with E-state index < -0.39 is 0 Å². The molecule has 0 saturated carbocycles. The summed E-state index contributed by atoms with van der Waals surface area (Å²) in [5, 5.41) is 3.68. The van der Waals surface area contributed by atoms with Gasteiger partial charge in [-0.15, -0.1) is 0 Å². The fourth-order valence-electron chi connectivity index (χ4n) is 3.58. The normalized spacial score (nSPS) is 34.7. The van der Waals surface area contributed by atoms with Crippen LogP contribution in [0.25, 0.3) is 0 Å². The van der Waals surface area contributed by atoms with E-state index in [0.29, 0.717) is 11.0 Å². The van der Waals surface area contributed by atoms with E-state index in [1.807, 2.05) is 0 Å². The van der Waals surface area contributed by atoms with Crippen molar-refractivity contribution in [3.63, 3.8) is 0 Å². The van der Waals surface area contributed by atoms with Crippen LogP contribution in [-0.4, -0.2) is 36.6 Å². The van der Waals surface area contributed by atoms with Gasteiger partial charge < -0.3 is 10.2 Å². The number of hydrogen-bond donors (Lipinski definition) is 1. The van der Waals surface area contributed by atoms with Gasteiger partial charge in [0.2, 0.25) is 0 Å². The summed E-state index contributed by atoms with van der Waals surface area (Å²) in [7, 11) is 0. The quantitative estimate of drug-likeness (QED) is 0.790. The fourth-order valence-corrected chi connectivity index (χ4v) is 3.58. The second kappa shape index (κ2) is 4.66. The summed E-state index contributed by atoms with van der Waals surface area (Å²) >= 11 is 0. The van der Waals surface area contributed by atoms with Crippen LogP contribution in [-0.2, 0) is 0 Å². The van der Waals surface area contributed by atoms with Gasteiger partial charge in [-0.3, -0.25) is 0 Å². The lowest BCUT2D eigenvalue weighted by Crippen LogP contribution is -2.47. The second-order valence-corrected chi connectivity index (χ2v) is 6.26. The molecular weight excluding hydrogens is 196 g/mol. The third-order valence-electron chi connectivity index (χ3n) is 5.05. The van der Waals surface area contributed by atoms with Crippen molar-refractivity contribution in [2.75, 3.05) is 26.2 Å². The number of nitrogens with one attached hydrogen (secondary N) is 1. The van der Waals surface area contributed by atoms with Crippen molar-refractivity contribution in [3.8, 4) is 0 Å². The van der Waals surface area contributed by atoms with E-state index in [4.69, 9.17) is 0 Å². The van der Waals surface area contributed by atoms with E-state index in [9.17, 15) is 0 Å². The lowest BCUT2D eigenvalue weighted by Gasteiger charge is -2.32. The van der Waals surface area contributed by atoms with Crippen LogP contribution in [0.1, 0.15) is 52.9 Å². The predicted molar refractivity (Wildman–Crippen MR) is 69.7 cm³/mol. The number of rotatable bonds is 4. The summed E-state index contributed by atoms with van der Waals surface area (Å²) in [5.41, 5.74) is 1.03. The van der Waals surface area contributed by atoms with Crippen molar-refractivity contribution in [2.24, 2.45) is 5.41 Å². The highest BCUT2D eigenvalue weighted by Gasteiger charge is 2.38. The lowest BCUT2D eigenvalue weighted by atomic mass is 9.82. The van der Waals surface area contributed by atoms with Crippen LogP contribution in [0.15, 0.2) is 0 Å². The largest absolute Gasteiger partial charge is 0.310 e. The maximum absolute atomic E-state index is 3.68. The topological polar surface area (TPSA) is 15.3 Å². The molecule has 1 N–H and O–H groups in total. The van der Waals surface area contributed by atoms with E-state index in [-0.39, 0.29) is 0 Å². The van der Waals surface area contributed by atoms with Crippen LogP contribution in [0, 0.1) is 5.41 Å². The van der Waals surface area contributed by atoms with Crippen LogP contribution >= 0.6 is 0 Å². The highest BCUT2D eigenvalue weighted by atomic mass is 15.2. The van der Waals surface area contributed by atoms with Crippen LogP contribution in [0.2, 0.25) is 0 Å². The summed E-state index contributed by atoms with van der Waals surface area (Å²) in [6.45, 7) is 12.3. The molecule has 2 saturated heterocycles. The van der Waals surface area contributed by atoms with Crippen molar-refractivity contribution in [1.82, 2.24) is 10.2 Å². The minimum absolute atomic E-state index is 0.400. The van der Waals surface area contributed by atoms with Gasteiger partial charge in [-0.05, 0) is 57.5 Å². The van der Waals surface area contributed by atoms with Crippen LogP contribution in [0.5, 0.6) is 0 Å². The maximum Gasteiger partial charge on any atom is 0.0280 e. The van der Waals surface area contributed by atoms with Gasteiger partial charge in [-0.25, -0.2) is 0 Å². The Bertz CT molecular complexity index is 227. The van der Waals surface area contributed by atoms with Crippen LogP contribution in [0.4, 0.5) is 0 Å². The second-order valence-electron chi connectivity index (χ2n) is 6.26. The van der Waals surface area contributed by atoms with Crippen molar-refractivity contribution in [3.05, 3.63) is 0 Å². The van der Waals surface area contributed by atoms with Crippen molar-refractivity contribution >= 4 is 0 Å². The monoisotopic (exact) mass is 224 g/mol. The van der Waals surface area contributed by atoms with E-state index in [1.165, 1.54) is 58.3 Å². The molecule has 2 nitrogen and oxygen atoms in total. The van der Waals surface area contributed by atoms with Gasteiger partial charge in [-0.2, -0.15) is 0 Å². The highest BCUT2D eigenvalue weighted by Crippen LogP contribution is 2.37. The Labute approximate surface area is 101 Å². The molecule has 0 aliphatic carbocycles. The Hall–Kier alpha value is -0.0800. The minimum atomic E-state index is 0.400. The molecule has 0 radical (unpaired) electrons. The van der Waals surface area contributed by atoms with E-state index >= 15 is 0 Å². The molecule has 2 rings (SSSR count). The molecule has 1 atom stereocenters. The molecule has 2 heterocycles. The third-order valence-corrected chi connectivity index (χ3v) is 5.05. The summed E-state index contributed by atoms with van der Waals surface area (Å²) in [6, 6.07) is 0. The maximum atomic E-state index is 3.68. The first-order chi connectivity index (χ1) is 7.61. The number of nitrogens with zero attached hydrogens (tertiary/aromatic N) is 1. The molecule has 2 aliphatic rings. The lowest BCUT2D eigenvalue weighted by molar-refractivity contribution is 0.199. The summed E-state index contributed by atoms with van der Waals surface area (Å²) < 4.78 is 0. The molecule has 2 aliphatic heterocycles. The smallest absolute Gasteiger partial charge is 0.0280 e. The Kier molecular flexibility index (Phi) is 3.60. The summed E-state index contributed by atoms with van der Waals surface area (Å²) in [5.74, 6) is 0. The molecule has 0 aromatic heterocycles. The molecule has 16 heavy (non-hydrogen) atoms. The first-order valence-electron chi connectivity index (χ1n) is 7.09. The molecular formula is C14H28N2. The predicted octanol–water partition coefficient (Wildman–Crippen LogP) is 2.64. The average Bonchev–Trinajstić information content (AvgIpc) is 2.87. The van der Waals surface area contributed by atoms with E-state index in [0.717, 1.165) is 0 Å². The molecule has 1 unspecified atom stereocenters. The van der Waals surface area contributed by atoms with Crippen LogP contribution < -0.4 is 5.32 Å². The van der Waals surface area contributed by atoms with Crippen molar-refractivity contribution in [1.29, 1.82) is 0 Å². The zero-order valence-corrected chi connectivity index (χ0v) is 11.3.